The Labute approximate surface area is 114 Å². The fourth-order valence-electron chi connectivity index (χ4n) is 3.33. The highest BCUT2D eigenvalue weighted by atomic mass is 16.4. The van der Waals surface area contributed by atoms with Crippen LogP contribution in [0.1, 0.15) is 46.0 Å². The van der Waals surface area contributed by atoms with E-state index in [1.54, 1.807) is 0 Å². The third kappa shape index (κ3) is 3.19. The van der Waals surface area contributed by atoms with Crippen LogP contribution in [0, 0.1) is 11.8 Å². The van der Waals surface area contributed by atoms with Gasteiger partial charge < -0.3 is 15.3 Å². The van der Waals surface area contributed by atoms with Crippen molar-refractivity contribution in [1.82, 2.24) is 10.2 Å². The highest BCUT2D eigenvalue weighted by molar-refractivity contribution is 5.76. The number of carbonyl (C=O) groups is 2. The summed E-state index contributed by atoms with van der Waals surface area (Å²) in [5.41, 5.74) is 0. The largest absolute Gasteiger partial charge is 0.481 e. The quantitative estimate of drug-likeness (QED) is 0.823. The van der Waals surface area contributed by atoms with Crippen LogP contribution in [-0.2, 0) is 4.79 Å². The molecular weight excluding hydrogens is 244 g/mol. The van der Waals surface area contributed by atoms with Crippen LogP contribution in [0.25, 0.3) is 0 Å². The molecule has 1 saturated carbocycles. The molecular formula is C14H24N2O3. The van der Waals surface area contributed by atoms with Crippen molar-refractivity contribution < 1.29 is 14.7 Å². The molecule has 19 heavy (non-hydrogen) atoms. The van der Waals surface area contributed by atoms with Crippen LogP contribution in [-0.4, -0.2) is 40.6 Å². The van der Waals surface area contributed by atoms with Gasteiger partial charge in [-0.2, -0.15) is 0 Å². The Bertz CT molecular complexity index is 357. The Morgan fingerprint density at radius 1 is 1.26 bits per heavy atom. The Kier molecular flexibility index (Phi) is 4.32. The summed E-state index contributed by atoms with van der Waals surface area (Å²) in [4.78, 5) is 25.1. The summed E-state index contributed by atoms with van der Waals surface area (Å²) < 4.78 is 0. The monoisotopic (exact) mass is 268 g/mol. The van der Waals surface area contributed by atoms with E-state index < -0.39 is 5.97 Å². The van der Waals surface area contributed by atoms with Gasteiger partial charge in [-0.1, -0.05) is 13.8 Å². The van der Waals surface area contributed by atoms with E-state index in [1.807, 2.05) is 4.90 Å². The molecule has 3 atom stereocenters. The highest BCUT2D eigenvalue weighted by Crippen LogP contribution is 2.27. The number of hydrogen-bond donors (Lipinski definition) is 2. The third-order valence-electron chi connectivity index (χ3n) is 4.44. The molecule has 2 fully saturated rings. The summed E-state index contributed by atoms with van der Waals surface area (Å²) >= 11 is 0. The minimum Gasteiger partial charge on any atom is -0.481 e. The van der Waals surface area contributed by atoms with E-state index in [1.165, 1.54) is 0 Å². The predicted octanol–water partition coefficient (Wildman–Crippen LogP) is 2.07. The summed E-state index contributed by atoms with van der Waals surface area (Å²) in [6, 6.07) is 0.353. The first-order valence-electron chi connectivity index (χ1n) is 7.29. The summed E-state index contributed by atoms with van der Waals surface area (Å²) in [6.07, 6.45) is 4.17. The first-order chi connectivity index (χ1) is 8.99. The lowest BCUT2D eigenvalue weighted by Gasteiger charge is -2.29. The number of urea groups is 1. The molecule has 0 aromatic carbocycles. The second kappa shape index (κ2) is 5.80. The van der Waals surface area contributed by atoms with Crippen LogP contribution in [0.3, 0.4) is 0 Å². The Morgan fingerprint density at radius 2 is 2.00 bits per heavy atom. The zero-order chi connectivity index (χ0) is 14.0. The van der Waals surface area contributed by atoms with Gasteiger partial charge >= 0.3 is 12.0 Å². The maximum Gasteiger partial charge on any atom is 0.317 e. The fourth-order valence-corrected chi connectivity index (χ4v) is 3.33. The molecule has 0 aromatic heterocycles. The molecule has 2 N–H and O–H groups in total. The van der Waals surface area contributed by atoms with Gasteiger partial charge in [0.25, 0.3) is 0 Å². The summed E-state index contributed by atoms with van der Waals surface area (Å²) in [6.45, 7) is 5.11. The molecule has 0 radical (unpaired) electrons. The Morgan fingerprint density at radius 3 is 2.58 bits per heavy atom. The summed E-state index contributed by atoms with van der Waals surface area (Å²) in [5.74, 6) is -0.550. The van der Waals surface area contributed by atoms with Crippen LogP contribution in [0.2, 0.25) is 0 Å². The number of carboxylic acid groups (broad SMARTS) is 1. The SMILES string of the molecule is CC(C)C1CCCN1C(=O)N[C@H]1CC[C@@H](C(=O)O)C1. The van der Waals surface area contributed by atoms with E-state index in [4.69, 9.17) is 5.11 Å². The van der Waals surface area contributed by atoms with Crippen LogP contribution in [0.15, 0.2) is 0 Å². The first-order valence-corrected chi connectivity index (χ1v) is 7.29. The molecule has 2 aliphatic rings. The van der Waals surface area contributed by atoms with Crippen LogP contribution in [0.5, 0.6) is 0 Å². The smallest absolute Gasteiger partial charge is 0.317 e. The Balaban J connectivity index is 1.86. The van der Waals surface area contributed by atoms with Gasteiger partial charge in [0.1, 0.15) is 0 Å². The van der Waals surface area contributed by atoms with E-state index in [0.717, 1.165) is 25.8 Å². The third-order valence-corrected chi connectivity index (χ3v) is 4.44. The fraction of sp³-hybridized carbons (Fsp3) is 0.857. The molecule has 0 aromatic rings. The number of amides is 2. The van der Waals surface area contributed by atoms with Crippen LogP contribution < -0.4 is 5.32 Å². The number of likely N-dealkylation sites (tertiary alicyclic amines) is 1. The molecule has 108 valence electrons. The molecule has 1 aliphatic heterocycles. The summed E-state index contributed by atoms with van der Waals surface area (Å²) in [7, 11) is 0. The number of carboxylic acids is 1. The molecule has 1 aliphatic carbocycles. The summed E-state index contributed by atoms with van der Waals surface area (Å²) in [5, 5.41) is 12.0. The van der Waals surface area contributed by atoms with E-state index >= 15 is 0 Å². The minimum absolute atomic E-state index is 0.00719. The zero-order valence-electron chi connectivity index (χ0n) is 11.8. The van der Waals surface area contributed by atoms with Gasteiger partial charge in [-0.05, 0) is 38.0 Å². The lowest BCUT2D eigenvalue weighted by Crippen LogP contribution is -2.47. The molecule has 2 amide bonds. The van der Waals surface area contributed by atoms with Crippen molar-refractivity contribution >= 4 is 12.0 Å². The second-order valence-electron chi connectivity index (χ2n) is 6.14. The molecule has 0 spiro atoms. The van der Waals surface area contributed by atoms with Crippen LogP contribution >= 0.6 is 0 Å². The van der Waals surface area contributed by atoms with Crippen molar-refractivity contribution in [3.63, 3.8) is 0 Å². The minimum atomic E-state index is -0.738. The van der Waals surface area contributed by atoms with E-state index in [0.29, 0.717) is 24.8 Å². The number of carbonyl (C=O) groups excluding carboxylic acids is 1. The van der Waals surface area contributed by atoms with Gasteiger partial charge in [0.2, 0.25) is 0 Å². The average molecular weight is 268 g/mol. The van der Waals surface area contributed by atoms with E-state index in [2.05, 4.69) is 19.2 Å². The number of aliphatic carboxylic acids is 1. The van der Waals surface area contributed by atoms with Gasteiger partial charge in [-0.25, -0.2) is 4.79 Å². The number of hydrogen-bond acceptors (Lipinski definition) is 2. The molecule has 5 heteroatoms. The van der Waals surface area contributed by atoms with Crippen molar-refractivity contribution in [1.29, 1.82) is 0 Å². The maximum atomic E-state index is 12.3. The van der Waals surface area contributed by atoms with Crippen molar-refractivity contribution in [2.75, 3.05) is 6.54 Å². The normalized spacial score (nSPS) is 30.9. The van der Waals surface area contributed by atoms with Crippen molar-refractivity contribution in [3.05, 3.63) is 0 Å². The average Bonchev–Trinajstić information content (AvgIpc) is 2.96. The van der Waals surface area contributed by atoms with Gasteiger partial charge in [0.05, 0.1) is 5.92 Å². The number of rotatable bonds is 3. The molecule has 0 bridgehead atoms. The number of nitrogens with one attached hydrogen (secondary N) is 1. The van der Waals surface area contributed by atoms with E-state index in [-0.39, 0.29) is 18.0 Å². The molecule has 2 rings (SSSR count). The lowest BCUT2D eigenvalue weighted by molar-refractivity contribution is -0.141. The van der Waals surface area contributed by atoms with Gasteiger partial charge in [-0.15, -0.1) is 0 Å². The van der Waals surface area contributed by atoms with Gasteiger partial charge in [-0.3, -0.25) is 4.79 Å². The maximum absolute atomic E-state index is 12.3. The van der Waals surface area contributed by atoms with Crippen molar-refractivity contribution in [2.45, 2.75) is 58.0 Å². The Hall–Kier alpha value is -1.26. The van der Waals surface area contributed by atoms with Crippen molar-refractivity contribution in [2.24, 2.45) is 11.8 Å². The zero-order valence-corrected chi connectivity index (χ0v) is 11.8. The van der Waals surface area contributed by atoms with Gasteiger partial charge in [0, 0.05) is 18.6 Å². The lowest BCUT2D eigenvalue weighted by atomic mass is 10.0. The van der Waals surface area contributed by atoms with Crippen molar-refractivity contribution in [3.8, 4) is 0 Å². The topological polar surface area (TPSA) is 69.6 Å². The predicted molar refractivity (Wildman–Crippen MR) is 71.9 cm³/mol. The van der Waals surface area contributed by atoms with Crippen LogP contribution in [0.4, 0.5) is 4.79 Å². The standard InChI is InChI=1S/C14H24N2O3/c1-9(2)12-4-3-7-16(12)14(19)15-11-6-5-10(8-11)13(17)18/h9-12H,3-8H2,1-2H3,(H,15,19)(H,17,18)/t10-,11+,12?/m1/s1. The molecule has 1 heterocycles. The number of nitrogens with zero attached hydrogens (tertiary/aromatic N) is 1. The van der Waals surface area contributed by atoms with Gasteiger partial charge in [0.15, 0.2) is 0 Å². The highest BCUT2D eigenvalue weighted by Gasteiger charge is 2.34. The second-order valence-corrected chi connectivity index (χ2v) is 6.14. The molecule has 5 nitrogen and oxygen atoms in total. The molecule has 1 unspecified atom stereocenters. The van der Waals surface area contributed by atoms with E-state index in [9.17, 15) is 9.59 Å². The first kappa shape index (κ1) is 14.2. The molecule has 1 saturated heterocycles.